The van der Waals surface area contributed by atoms with E-state index in [-0.39, 0.29) is 0 Å². The first-order valence-corrected chi connectivity index (χ1v) is 14.3. The molecule has 2 nitrogen and oxygen atoms in total. The van der Waals surface area contributed by atoms with Gasteiger partial charge in [0.1, 0.15) is 0 Å². The zero-order valence-corrected chi connectivity index (χ0v) is 25.7. The Morgan fingerprint density at radius 3 is 2.26 bits per heavy atom. The lowest BCUT2D eigenvalue weighted by molar-refractivity contribution is 0.607. The Balaban J connectivity index is 3.81. The topological polar surface area (TPSA) is 38.0 Å². The second kappa shape index (κ2) is 17.1. The predicted molar refractivity (Wildman–Crippen MR) is 180 cm³/mol. The van der Waals surface area contributed by atoms with Crippen LogP contribution >= 0.6 is 0 Å². The lowest BCUT2D eigenvalue weighted by Crippen LogP contribution is -2.10. The average Bonchev–Trinajstić information content (AvgIpc) is 2.91. The average molecular weight is 525 g/mol. The van der Waals surface area contributed by atoms with Gasteiger partial charge >= 0.3 is 0 Å². The molecule has 0 radical (unpaired) electrons. The van der Waals surface area contributed by atoms with Crippen LogP contribution in [0.4, 0.5) is 5.69 Å². The van der Waals surface area contributed by atoms with Gasteiger partial charge in [0.25, 0.3) is 0 Å². The fraction of sp³-hybridized carbons (Fsp3) is 0.351. The molecule has 0 spiro atoms. The van der Waals surface area contributed by atoms with E-state index in [1.165, 1.54) is 17.6 Å². The maximum atomic E-state index is 6.44. The Morgan fingerprint density at radius 1 is 1.08 bits per heavy atom. The summed E-state index contributed by atoms with van der Waals surface area (Å²) in [5.41, 5.74) is 17.9. The Labute approximate surface area is 239 Å². The summed E-state index contributed by atoms with van der Waals surface area (Å²) in [6.07, 6.45) is 22.3. The summed E-state index contributed by atoms with van der Waals surface area (Å²) in [7, 11) is 0. The van der Waals surface area contributed by atoms with Gasteiger partial charge in [-0.05, 0) is 112 Å². The van der Waals surface area contributed by atoms with Crippen molar-refractivity contribution in [3.63, 3.8) is 0 Å². The maximum Gasteiger partial charge on any atom is 0.0556 e. The van der Waals surface area contributed by atoms with Gasteiger partial charge in [-0.3, -0.25) is 0 Å². The lowest BCUT2D eigenvalue weighted by Gasteiger charge is -2.25. The first-order valence-electron chi connectivity index (χ1n) is 14.3. The number of rotatable bonds is 16. The molecule has 39 heavy (non-hydrogen) atoms. The molecule has 0 aliphatic carbocycles. The van der Waals surface area contributed by atoms with E-state index in [0.29, 0.717) is 11.6 Å². The van der Waals surface area contributed by atoms with Crippen molar-refractivity contribution >= 4 is 23.0 Å². The molecule has 0 fully saturated rings. The molecule has 0 bridgehead atoms. The molecule has 0 aliphatic rings. The van der Waals surface area contributed by atoms with Crippen LogP contribution in [0.3, 0.4) is 0 Å². The molecule has 210 valence electrons. The van der Waals surface area contributed by atoms with Gasteiger partial charge in [-0.15, -0.1) is 0 Å². The Hall–Kier alpha value is -3.52. The van der Waals surface area contributed by atoms with Gasteiger partial charge in [-0.1, -0.05) is 94.2 Å². The summed E-state index contributed by atoms with van der Waals surface area (Å²) >= 11 is 0. The molecular formula is C37H52N2. The van der Waals surface area contributed by atoms with Crippen LogP contribution < -0.4 is 11.1 Å². The Morgan fingerprint density at radius 2 is 1.77 bits per heavy atom. The molecule has 3 N–H and O–H groups in total. The molecule has 0 saturated heterocycles. The fourth-order valence-corrected chi connectivity index (χ4v) is 4.85. The second-order valence-corrected chi connectivity index (χ2v) is 10.2. The quantitative estimate of drug-likeness (QED) is 0.128. The van der Waals surface area contributed by atoms with E-state index >= 15 is 0 Å². The molecular weight excluding hydrogens is 472 g/mol. The van der Waals surface area contributed by atoms with Crippen molar-refractivity contribution in [2.24, 2.45) is 5.73 Å². The molecule has 2 heteroatoms. The molecule has 0 heterocycles. The van der Waals surface area contributed by atoms with Crippen molar-refractivity contribution in [2.75, 3.05) is 5.32 Å². The summed E-state index contributed by atoms with van der Waals surface area (Å²) in [6, 6.07) is 2.29. The Bertz CT molecular complexity index is 1190. The van der Waals surface area contributed by atoms with E-state index in [1.807, 2.05) is 13.0 Å². The van der Waals surface area contributed by atoms with E-state index in [0.717, 1.165) is 70.4 Å². The number of benzene rings is 1. The van der Waals surface area contributed by atoms with E-state index in [1.54, 1.807) is 6.20 Å². The van der Waals surface area contributed by atoms with Crippen LogP contribution in [0.1, 0.15) is 109 Å². The molecule has 0 aliphatic heterocycles. The van der Waals surface area contributed by atoms with Crippen LogP contribution in [0.5, 0.6) is 0 Å². The number of allylic oxidation sites excluding steroid dienone is 11. The van der Waals surface area contributed by atoms with Gasteiger partial charge in [0.05, 0.1) is 5.69 Å². The summed E-state index contributed by atoms with van der Waals surface area (Å²) in [4.78, 5) is 0. The van der Waals surface area contributed by atoms with Crippen LogP contribution in [-0.2, 0) is 0 Å². The number of hydrogen-bond acceptors (Lipinski definition) is 2. The van der Waals surface area contributed by atoms with Crippen LogP contribution in [0.2, 0.25) is 0 Å². The van der Waals surface area contributed by atoms with Crippen LogP contribution in [0, 0.1) is 0 Å². The third-order valence-corrected chi connectivity index (χ3v) is 7.19. The van der Waals surface area contributed by atoms with Crippen molar-refractivity contribution in [1.29, 1.82) is 0 Å². The van der Waals surface area contributed by atoms with E-state index < -0.39 is 0 Å². The second-order valence-electron chi connectivity index (χ2n) is 10.2. The third kappa shape index (κ3) is 9.32. The van der Waals surface area contributed by atoms with Crippen molar-refractivity contribution in [1.82, 2.24) is 0 Å². The van der Waals surface area contributed by atoms with E-state index in [2.05, 4.69) is 116 Å². The van der Waals surface area contributed by atoms with Crippen molar-refractivity contribution in [3.05, 3.63) is 120 Å². The summed E-state index contributed by atoms with van der Waals surface area (Å²) < 4.78 is 0. The first kappa shape index (κ1) is 33.5. The van der Waals surface area contributed by atoms with E-state index in [9.17, 15) is 0 Å². The van der Waals surface area contributed by atoms with Gasteiger partial charge in [0, 0.05) is 16.8 Å². The first-order chi connectivity index (χ1) is 18.6. The minimum Gasteiger partial charge on any atom is -0.399 e. The highest BCUT2D eigenvalue weighted by Gasteiger charge is 2.22. The minimum absolute atomic E-state index is 0.302. The highest BCUT2D eigenvalue weighted by atomic mass is 14.9. The summed E-state index contributed by atoms with van der Waals surface area (Å²) in [5.74, 6) is 0.302. The van der Waals surface area contributed by atoms with Gasteiger partial charge < -0.3 is 11.1 Å². The lowest BCUT2D eigenvalue weighted by atomic mass is 9.83. The highest BCUT2D eigenvalue weighted by Crippen LogP contribution is 2.41. The zero-order valence-electron chi connectivity index (χ0n) is 25.7. The van der Waals surface area contributed by atoms with Crippen LogP contribution in [0.15, 0.2) is 97.3 Å². The number of nitrogens with one attached hydrogen (secondary N) is 1. The number of nitrogens with two attached hydrogens (primary N) is 1. The summed E-state index contributed by atoms with van der Waals surface area (Å²) in [5, 5.41) is 3.37. The molecule has 1 unspecified atom stereocenters. The summed E-state index contributed by atoms with van der Waals surface area (Å²) in [6.45, 7) is 31.5. The molecule has 1 aromatic carbocycles. The van der Waals surface area contributed by atoms with Crippen molar-refractivity contribution < 1.29 is 0 Å². The molecule has 0 saturated carbocycles. The molecule has 1 atom stereocenters. The zero-order chi connectivity index (χ0) is 29.5. The maximum absolute atomic E-state index is 6.44. The van der Waals surface area contributed by atoms with Gasteiger partial charge in [-0.25, -0.2) is 0 Å². The third-order valence-electron chi connectivity index (χ3n) is 7.19. The number of hydrogen-bond donors (Lipinski definition) is 2. The SMILES string of the molecule is C=CNc1c(C=C)c(C(/C=C(C(=C)C)\C(\C=C/C)=C/C)=C/C)cc(C(C)CCCC/C=C(\C)CC)c1C(=C)N. The van der Waals surface area contributed by atoms with Gasteiger partial charge in [0.2, 0.25) is 0 Å². The minimum atomic E-state index is 0.302. The Kier molecular flexibility index (Phi) is 14.7. The van der Waals surface area contributed by atoms with Crippen LogP contribution in [0.25, 0.3) is 17.3 Å². The molecule has 0 amide bonds. The number of unbranched alkanes of at least 4 members (excludes halogenated alkanes) is 2. The molecule has 0 aromatic heterocycles. The highest BCUT2D eigenvalue weighted by molar-refractivity contribution is 5.92. The van der Waals surface area contributed by atoms with Crippen molar-refractivity contribution in [2.45, 2.75) is 86.5 Å². The molecule has 1 rings (SSSR count). The predicted octanol–water partition coefficient (Wildman–Crippen LogP) is 11.3. The van der Waals surface area contributed by atoms with Gasteiger partial charge in [-0.2, -0.15) is 0 Å². The monoisotopic (exact) mass is 524 g/mol. The smallest absolute Gasteiger partial charge is 0.0556 e. The van der Waals surface area contributed by atoms with Crippen molar-refractivity contribution in [3.8, 4) is 0 Å². The fourth-order valence-electron chi connectivity index (χ4n) is 4.85. The molecule has 1 aromatic rings. The van der Waals surface area contributed by atoms with Crippen LogP contribution in [-0.4, -0.2) is 0 Å². The van der Waals surface area contributed by atoms with Gasteiger partial charge in [0.15, 0.2) is 0 Å². The largest absolute Gasteiger partial charge is 0.399 e. The standard InChI is InChI=1S/C37H52N2/c1-12-21-30(14-3)33(26(7)8)24-31(15-4)35-25-34(28(10)23-20-18-19-22-27(9)13-2)36(29(11)38)37(39-17-6)32(35)16-5/h12,14-17,21-22,24-25,28,39H,5-7,11,13,18-20,23,38H2,1-4,8-10H3/b21-12-,27-22+,30-14-,31-15+,33-24-. The van der Waals surface area contributed by atoms with E-state index in [4.69, 9.17) is 5.73 Å². The number of anilines is 1. The normalized spacial score (nSPS) is 13.9.